The topological polar surface area (TPSA) is 83.1 Å². The van der Waals surface area contributed by atoms with E-state index in [1.54, 1.807) is 54.7 Å². The maximum absolute atomic E-state index is 13.4. The first kappa shape index (κ1) is 21.0. The molecule has 1 aromatic heterocycles. The van der Waals surface area contributed by atoms with Crippen molar-refractivity contribution in [1.82, 2.24) is 4.98 Å². The Balaban J connectivity index is 1.68. The molecular weight excluding hydrogens is 383 g/mol. The van der Waals surface area contributed by atoms with E-state index in [2.05, 4.69) is 20.9 Å². The Kier molecular flexibility index (Phi) is 6.75. The molecule has 0 unspecified atom stereocenters. The highest BCUT2D eigenvalue weighted by atomic mass is 19.1. The number of carbonyl (C=O) groups is 2. The Hall–Kier alpha value is -3.74. The van der Waals surface area contributed by atoms with Crippen molar-refractivity contribution in [2.45, 2.75) is 20.3 Å². The molecule has 0 saturated carbocycles. The Morgan fingerprint density at radius 3 is 2.30 bits per heavy atom. The smallest absolute Gasteiger partial charge is 0.259 e. The van der Waals surface area contributed by atoms with Crippen LogP contribution in [0.5, 0.6) is 0 Å². The Labute approximate surface area is 174 Å². The highest BCUT2D eigenvalue weighted by molar-refractivity contribution is 6.07. The third-order valence-corrected chi connectivity index (χ3v) is 4.16. The minimum absolute atomic E-state index is 0.0507. The van der Waals surface area contributed by atoms with E-state index in [4.69, 9.17) is 0 Å². The average molecular weight is 406 g/mol. The Morgan fingerprint density at radius 1 is 0.933 bits per heavy atom. The summed E-state index contributed by atoms with van der Waals surface area (Å²) >= 11 is 0. The summed E-state index contributed by atoms with van der Waals surface area (Å²) in [4.78, 5) is 28.8. The van der Waals surface area contributed by atoms with Crippen LogP contribution in [0.2, 0.25) is 0 Å². The predicted molar refractivity (Wildman–Crippen MR) is 116 cm³/mol. The van der Waals surface area contributed by atoms with Crippen LogP contribution in [0.3, 0.4) is 0 Å². The molecule has 30 heavy (non-hydrogen) atoms. The summed E-state index contributed by atoms with van der Waals surface area (Å²) in [5, 5.41) is 8.59. The van der Waals surface area contributed by atoms with Gasteiger partial charge in [-0.25, -0.2) is 9.37 Å². The lowest BCUT2D eigenvalue weighted by molar-refractivity contribution is -0.116. The van der Waals surface area contributed by atoms with E-state index in [1.807, 2.05) is 13.8 Å². The number of hydrogen-bond donors (Lipinski definition) is 3. The quantitative estimate of drug-likeness (QED) is 0.504. The molecule has 0 aliphatic carbocycles. The molecule has 0 saturated heterocycles. The number of aromatic nitrogens is 1. The van der Waals surface area contributed by atoms with E-state index in [-0.39, 0.29) is 23.5 Å². The molecule has 0 spiro atoms. The molecule has 154 valence electrons. The van der Waals surface area contributed by atoms with E-state index >= 15 is 0 Å². The van der Waals surface area contributed by atoms with Gasteiger partial charge in [0.1, 0.15) is 11.6 Å². The van der Waals surface area contributed by atoms with Crippen molar-refractivity contribution in [2.24, 2.45) is 5.92 Å². The summed E-state index contributed by atoms with van der Waals surface area (Å²) in [5.74, 6) is -0.206. The van der Waals surface area contributed by atoms with Gasteiger partial charge in [-0.3, -0.25) is 9.59 Å². The Morgan fingerprint density at radius 2 is 1.63 bits per heavy atom. The molecule has 7 heteroatoms. The molecular formula is C23H23FN4O2. The van der Waals surface area contributed by atoms with Gasteiger partial charge in [-0.1, -0.05) is 19.9 Å². The zero-order valence-corrected chi connectivity index (χ0v) is 16.8. The van der Waals surface area contributed by atoms with E-state index in [0.717, 1.165) is 0 Å². The van der Waals surface area contributed by atoms with Crippen molar-refractivity contribution >= 4 is 34.7 Å². The molecule has 0 aliphatic heterocycles. The second-order valence-electron chi connectivity index (χ2n) is 7.21. The van der Waals surface area contributed by atoms with Crippen molar-refractivity contribution < 1.29 is 14.0 Å². The number of carbonyl (C=O) groups excluding carboxylic acids is 2. The van der Waals surface area contributed by atoms with Crippen molar-refractivity contribution in [3.8, 4) is 0 Å². The van der Waals surface area contributed by atoms with Crippen LogP contribution in [-0.2, 0) is 4.79 Å². The van der Waals surface area contributed by atoms with Gasteiger partial charge in [0.25, 0.3) is 5.91 Å². The number of hydrogen-bond acceptors (Lipinski definition) is 4. The summed E-state index contributed by atoms with van der Waals surface area (Å²) in [5.41, 5.74) is 2.04. The molecule has 0 radical (unpaired) electrons. The number of anilines is 4. The predicted octanol–water partition coefficient (Wildman–Crippen LogP) is 5.20. The number of nitrogens with one attached hydrogen (secondary N) is 3. The first-order valence-corrected chi connectivity index (χ1v) is 9.59. The fourth-order valence-electron chi connectivity index (χ4n) is 2.81. The highest BCUT2D eigenvalue weighted by Crippen LogP contribution is 2.21. The second-order valence-corrected chi connectivity index (χ2v) is 7.21. The molecule has 3 aromatic rings. The van der Waals surface area contributed by atoms with Gasteiger partial charge >= 0.3 is 0 Å². The Bertz CT molecular complexity index is 1040. The normalized spacial score (nSPS) is 10.5. The minimum Gasteiger partial charge on any atom is -0.339 e. The van der Waals surface area contributed by atoms with Crippen molar-refractivity contribution in [1.29, 1.82) is 0 Å². The molecule has 2 aromatic carbocycles. The van der Waals surface area contributed by atoms with Gasteiger partial charge in [-0.2, -0.15) is 0 Å². The molecule has 0 fully saturated rings. The summed E-state index contributed by atoms with van der Waals surface area (Å²) in [6.07, 6.45) is 1.99. The van der Waals surface area contributed by atoms with E-state index < -0.39 is 0 Å². The zero-order chi connectivity index (χ0) is 21.5. The lowest BCUT2D eigenvalue weighted by Crippen LogP contribution is -2.15. The van der Waals surface area contributed by atoms with Gasteiger partial charge in [0.2, 0.25) is 5.91 Å². The number of rotatable bonds is 7. The first-order valence-electron chi connectivity index (χ1n) is 9.59. The van der Waals surface area contributed by atoms with Crippen molar-refractivity contribution in [3.05, 3.63) is 78.2 Å². The van der Waals surface area contributed by atoms with Gasteiger partial charge in [0, 0.05) is 29.7 Å². The zero-order valence-electron chi connectivity index (χ0n) is 16.8. The highest BCUT2D eigenvalue weighted by Gasteiger charge is 2.13. The third-order valence-electron chi connectivity index (χ3n) is 4.16. The molecule has 2 amide bonds. The molecule has 1 heterocycles. The van der Waals surface area contributed by atoms with Crippen LogP contribution >= 0.6 is 0 Å². The van der Waals surface area contributed by atoms with Crippen LogP contribution < -0.4 is 16.0 Å². The van der Waals surface area contributed by atoms with Crippen LogP contribution in [0.25, 0.3) is 0 Å². The summed E-state index contributed by atoms with van der Waals surface area (Å²) < 4.78 is 13.4. The number of halogens is 1. The van der Waals surface area contributed by atoms with Crippen molar-refractivity contribution in [2.75, 3.05) is 16.0 Å². The standard InChI is InChI=1S/C23H23FN4O2/c1-15(2)13-21(29)26-17-8-10-18(11-9-17)28-23(30)20-7-4-12-25-22(20)27-19-6-3-5-16(24)14-19/h3-12,14-15H,13H2,1-2H3,(H,25,27)(H,26,29)(H,28,30). The molecule has 0 aliphatic rings. The maximum atomic E-state index is 13.4. The van der Waals surface area contributed by atoms with Gasteiger partial charge in [0.05, 0.1) is 5.56 Å². The number of pyridine rings is 1. The van der Waals surface area contributed by atoms with Crippen LogP contribution in [0, 0.1) is 11.7 Å². The number of amides is 2. The maximum Gasteiger partial charge on any atom is 0.259 e. The summed E-state index contributed by atoms with van der Waals surface area (Å²) in [6.45, 7) is 3.96. The lowest BCUT2D eigenvalue weighted by atomic mass is 10.1. The van der Waals surface area contributed by atoms with Gasteiger partial charge < -0.3 is 16.0 Å². The van der Waals surface area contributed by atoms with Gasteiger partial charge in [0.15, 0.2) is 0 Å². The average Bonchev–Trinajstić information content (AvgIpc) is 2.69. The number of benzene rings is 2. The molecule has 3 N–H and O–H groups in total. The van der Waals surface area contributed by atoms with Crippen LogP contribution in [-0.4, -0.2) is 16.8 Å². The van der Waals surface area contributed by atoms with Crippen LogP contribution in [0.1, 0.15) is 30.6 Å². The fourth-order valence-corrected chi connectivity index (χ4v) is 2.81. The number of nitrogens with zero attached hydrogens (tertiary/aromatic N) is 1. The second kappa shape index (κ2) is 9.65. The third kappa shape index (κ3) is 5.88. The minimum atomic E-state index is -0.387. The van der Waals surface area contributed by atoms with Gasteiger partial charge in [-0.15, -0.1) is 0 Å². The lowest BCUT2D eigenvalue weighted by Gasteiger charge is -2.12. The first-order chi connectivity index (χ1) is 14.4. The monoisotopic (exact) mass is 406 g/mol. The molecule has 6 nitrogen and oxygen atoms in total. The molecule has 0 atom stereocenters. The van der Waals surface area contributed by atoms with E-state index in [9.17, 15) is 14.0 Å². The van der Waals surface area contributed by atoms with E-state index in [1.165, 1.54) is 12.1 Å². The fraction of sp³-hybridized carbons (Fsp3) is 0.174. The van der Waals surface area contributed by atoms with Crippen molar-refractivity contribution in [3.63, 3.8) is 0 Å². The van der Waals surface area contributed by atoms with Crippen LogP contribution in [0.15, 0.2) is 66.9 Å². The summed E-state index contributed by atoms with van der Waals surface area (Å²) in [6, 6.07) is 16.1. The SMILES string of the molecule is CC(C)CC(=O)Nc1ccc(NC(=O)c2cccnc2Nc2cccc(F)c2)cc1. The molecule has 3 rings (SSSR count). The van der Waals surface area contributed by atoms with Crippen LogP contribution in [0.4, 0.5) is 27.3 Å². The summed E-state index contributed by atoms with van der Waals surface area (Å²) in [7, 11) is 0. The van der Waals surface area contributed by atoms with E-state index in [0.29, 0.717) is 34.9 Å². The molecule has 0 bridgehead atoms. The van der Waals surface area contributed by atoms with Gasteiger partial charge in [-0.05, 0) is 60.5 Å². The largest absolute Gasteiger partial charge is 0.339 e.